The lowest BCUT2D eigenvalue weighted by Crippen LogP contribution is -2.50. The Morgan fingerprint density at radius 1 is 0.886 bits per heavy atom. The van der Waals surface area contributed by atoms with Crippen LogP contribution in [0.4, 0.5) is 5.69 Å². The number of rotatable bonds is 6. The van der Waals surface area contributed by atoms with E-state index in [2.05, 4.69) is 44.3 Å². The maximum atomic E-state index is 12.2. The van der Waals surface area contributed by atoms with E-state index in [1.807, 2.05) is 12.1 Å². The van der Waals surface area contributed by atoms with Gasteiger partial charge in [-0.15, -0.1) is 10.2 Å². The summed E-state index contributed by atoms with van der Waals surface area (Å²) in [5, 5.41) is 11.7. The number of carbonyl (C=O) groups is 1. The van der Waals surface area contributed by atoms with E-state index in [1.54, 1.807) is 30.5 Å². The van der Waals surface area contributed by atoms with Crippen LogP contribution in [-0.2, 0) is 4.84 Å². The zero-order valence-electron chi connectivity index (χ0n) is 20.5. The third kappa shape index (κ3) is 5.39. The Hall–Kier alpha value is -2.81. The predicted octanol–water partition coefficient (Wildman–Crippen LogP) is 4.96. The Balaban J connectivity index is 1.21. The van der Waals surface area contributed by atoms with Crippen LogP contribution in [0.3, 0.4) is 0 Å². The second kappa shape index (κ2) is 10.8. The zero-order chi connectivity index (χ0) is 24.2. The first-order valence-corrected chi connectivity index (χ1v) is 13.3. The van der Waals surface area contributed by atoms with Crippen molar-refractivity contribution in [1.82, 2.24) is 20.2 Å². The van der Waals surface area contributed by atoms with Crippen molar-refractivity contribution in [3.05, 3.63) is 54.1 Å². The van der Waals surface area contributed by atoms with Crippen LogP contribution in [0, 0.1) is 0 Å². The first kappa shape index (κ1) is 23.9. The summed E-state index contributed by atoms with van der Waals surface area (Å²) in [6.45, 7) is 4.52. The van der Waals surface area contributed by atoms with E-state index < -0.39 is 0 Å². The van der Waals surface area contributed by atoms with Gasteiger partial charge < -0.3 is 4.90 Å². The molecule has 0 bridgehead atoms. The largest absolute Gasteiger partial charge is 0.369 e. The molecule has 0 unspecified atom stereocenters. The lowest BCUT2D eigenvalue weighted by Gasteiger charge is -2.41. The van der Waals surface area contributed by atoms with Gasteiger partial charge in [0, 0.05) is 61.6 Å². The first-order valence-electron chi connectivity index (χ1n) is 12.5. The molecule has 5 rings (SSSR count). The fourth-order valence-corrected chi connectivity index (χ4v) is 5.94. The molecule has 8 heteroatoms. The van der Waals surface area contributed by atoms with Crippen molar-refractivity contribution in [2.75, 3.05) is 45.2 Å². The van der Waals surface area contributed by atoms with Crippen LogP contribution >= 0.6 is 11.3 Å². The number of amides is 1. The van der Waals surface area contributed by atoms with Crippen LogP contribution < -0.4 is 4.90 Å². The second-order valence-electron chi connectivity index (χ2n) is 9.34. The third-order valence-corrected chi connectivity index (χ3v) is 8.27. The van der Waals surface area contributed by atoms with E-state index in [4.69, 9.17) is 4.84 Å². The van der Waals surface area contributed by atoms with Gasteiger partial charge in [-0.25, -0.2) is 5.06 Å². The number of carbonyl (C=O) groups excluding carboxylic acids is 1. The van der Waals surface area contributed by atoms with Crippen LogP contribution in [-0.4, -0.2) is 72.4 Å². The van der Waals surface area contributed by atoms with Gasteiger partial charge in [0.15, 0.2) is 0 Å². The quantitative estimate of drug-likeness (QED) is 0.454. The minimum atomic E-state index is -0.188. The minimum Gasteiger partial charge on any atom is -0.369 e. The average molecular weight is 492 g/mol. The molecule has 3 aromatic rings. The van der Waals surface area contributed by atoms with Gasteiger partial charge in [0.2, 0.25) is 0 Å². The number of piperazine rings is 1. The first-order chi connectivity index (χ1) is 17.1. The van der Waals surface area contributed by atoms with Crippen LogP contribution in [0.15, 0.2) is 48.5 Å². The molecule has 2 fully saturated rings. The molecule has 184 valence electrons. The van der Waals surface area contributed by atoms with Crippen molar-refractivity contribution in [3.63, 3.8) is 0 Å². The van der Waals surface area contributed by atoms with Crippen molar-refractivity contribution < 1.29 is 9.63 Å². The van der Waals surface area contributed by atoms with Crippen molar-refractivity contribution in [1.29, 1.82) is 0 Å². The van der Waals surface area contributed by atoms with Crippen molar-refractivity contribution in [2.45, 2.75) is 38.1 Å². The molecule has 2 aliphatic rings. The molecule has 0 spiro atoms. The van der Waals surface area contributed by atoms with E-state index in [9.17, 15) is 4.79 Å². The van der Waals surface area contributed by atoms with E-state index in [0.717, 1.165) is 40.3 Å². The molecule has 1 saturated heterocycles. The smallest absolute Gasteiger partial charge is 0.277 e. The van der Waals surface area contributed by atoms with Crippen LogP contribution in [0.5, 0.6) is 0 Å². The number of hydrogen-bond donors (Lipinski definition) is 0. The molecule has 1 aliphatic heterocycles. The maximum Gasteiger partial charge on any atom is 0.277 e. The van der Waals surface area contributed by atoms with Crippen molar-refractivity contribution in [2.24, 2.45) is 0 Å². The number of hydroxylamine groups is 2. The predicted molar refractivity (Wildman–Crippen MR) is 141 cm³/mol. The molecule has 7 nitrogen and oxygen atoms in total. The highest BCUT2D eigenvalue weighted by Crippen LogP contribution is 2.32. The Labute approximate surface area is 211 Å². The summed E-state index contributed by atoms with van der Waals surface area (Å²) in [4.78, 5) is 22.4. The van der Waals surface area contributed by atoms with Gasteiger partial charge in [0.1, 0.15) is 10.0 Å². The second-order valence-corrected chi connectivity index (χ2v) is 10.3. The van der Waals surface area contributed by atoms with E-state index >= 15 is 0 Å². The molecule has 2 aromatic carbocycles. The van der Waals surface area contributed by atoms with Crippen molar-refractivity contribution >= 4 is 22.9 Å². The lowest BCUT2D eigenvalue weighted by atomic mass is 9.94. The summed E-state index contributed by atoms with van der Waals surface area (Å²) in [6, 6.07) is 16.9. The topological polar surface area (TPSA) is 61.8 Å². The molecule has 1 amide bonds. The highest BCUT2D eigenvalue weighted by Gasteiger charge is 2.25. The minimum absolute atomic E-state index is 0.188. The summed E-state index contributed by atoms with van der Waals surface area (Å²) in [5.41, 5.74) is 3.87. The summed E-state index contributed by atoms with van der Waals surface area (Å²) in [6.07, 6.45) is 6.98. The monoisotopic (exact) mass is 491 g/mol. The molecule has 0 N–H and O–H groups in total. The SMILES string of the molecule is CON(C)C(=O)c1ccc(-c2nnc(-c3ccc(N4CCN(C5CCCCC5)CC4)cc3)s2)cc1. The molecule has 0 radical (unpaired) electrons. The Morgan fingerprint density at radius 3 is 2.03 bits per heavy atom. The van der Waals surface area contributed by atoms with Gasteiger partial charge in [-0.3, -0.25) is 14.5 Å². The van der Waals surface area contributed by atoms with Crippen LogP contribution in [0.25, 0.3) is 21.1 Å². The Bertz CT molecular complexity index is 1120. The molecule has 1 aromatic heterocycles. The highest BCUT2D eigenvalue weighted by molar-refractivity contribution is 7.17. The van der Waals surface area contributed by atoms with E-state index in [1.165, 1.54) is 63.1 Å². The van der Waals surface area contributed by atoms with Gasteiger partial charge in [-0.1, -0.05) is 42.7 Å². The number of benzene rings is 2. The van der Waals surface area contributed by atoms with Crippen molar-refractivity contribution in [3.8, 4) is 21.1 Å². The van der Waals surface area contributed by atoms with Crippen LogP contribution in [0.1, 0.15) is 42.5 Å². The maximum absolute atomic E-state index is 12.2. The summed E-state index contributed by atoms with van der Waals surface area (Å²) < 4.78 is 0. The Kier molecular flexibility index (Phi) is 7.41. The molecule has 1 saturated carbocycles. The normalized spacial score (nSPS) is 17.5. The van der Waals surface area contributed by atoms with Gasteiger partial charge in [0.05, 0.1) is 7.11 Å². The molecular formula is C27H33N5O2S. The Morgan fingerprint density at radius 2 is 1.46 bits per heavy atom. The lowest BCUT2D eigenvalue weighted by molar-refractivity contribution is -0.0756. The summed E-state index contributed by atoms with van der Waals surface area (Å²) in [5.74, 6) is -0.188. The molecule has 35 heavy (non-hydrogen) atoms. The fraction of sp³-hybridized carbons (Fsp3) is 0.444. The average Bonchev–Trinajstić information content (AvgIpc) is 3.43. The highest BCUT2D eigenvalue weighted by atomic mass is 32.1. The number of aromatic nitrogens is 2. The molecule has 2 heterocycles. The van der Waals surface area contributed by atoms with Gasteiger partial charge in [-0.05, 0) is 49.2 Å². The van der Waals surface area contributed by atoms with E-state index in [-0.39, 0.29) is 5.91 Å². The van der Waals surface area contributed by atoms with Gasteiger partial charge >= 0.3 is 0 Å². The standard InChI is InChI=1S/C27H33N5O2S/c1-30(34-2)27(33)22-10-8-20(9-11-22)25-28-29-26(35-25)21-12-14-24(15-13-21)32-18-16-31(17-19-32)23-6-4-3-5-7-23/h8-15,23H,3-7,16-19H2,1-2H3. The van der Waals surface area contributed by atoms with Gasteiger partial charge in [0.25, 0.3) is 5.91 Å². The van der Waals surface area contributed by atoms with Gasteiger partial charge in [-0.2, -0.15) is 0 Å². The number of hydrogen-bond acceptors (Lipinski definition) is 7. The molecule has 0 atom stereocenters. The third-order valence-electron chi connectivity index (χ3n) is 7.25. The molecular weight excluding hydrogens is 458 g/mol. The number of nitrogens with zero attached hydrogens (tertiary/aromatic N) is 5. The summed E-state index contributed by atoms with van der Waals surface area (Å²) in [7, 11) is 3.07. The zero-order valence-corrected chi connectivity index (χ0v) is 21.3. The summed E-state index contributed by atoms with van der Waals surface area (Å²) >= 11 is 1.56. The molecule has 1 aliphatic carbocycles. The van der Waals surface area contributed by atoms with Crippen LogP contribution in [0.2, 0.25) is 0 Å². The fourth-order valence-electron chi connectivity index (χ4n) is 5.08. The van der Waals surface area contributed by atoms with E-state index in [0.29, 0.717) is 5.56 Å². The number of anilines is 1.